The van der Waals surface area contributed by atoms with E-state index in [-0.39, 0.29) is 6.42 Å². The predicted octanol–water partition coefficient (Wildman–Crippen LogP) is 6.19. The number of unbranched alkanes of at least 4 members (excludes halogenated alkanes) is 20. The summed E-state index contributed by atoms with van der Waals surface area (Å²) in [5, 5.41) is 54.9. The summed E-state index contributed by atoms with van der Waals surface area (Å²) in [7, 11) is -5.10. The van der Waals surface area contributed by atoms with E-state index >= 15 is 0 Å². The van der Waals surface area contributed by atoms with Gasteiger partial charge < -0.3 is 40.3 Å². The molecule has 14 heteroatoms. The van der Waals surface area contributed by atoms with E-state index in [1.165, 1.54) is 64.2 Å². The predicted molar refractivity (Wildman–Crippen MR) is 210 cm³/mol. The van der Waals surface area contributed by atoms with Crippen LogP contribution in [0.25, 0.3) is 0 Å². The van der Waals surface area contributed by atoms with Crippen molar-refractivity contribution in [2.75, 3.05) is 13.2 Å². The number of rotatable bonds is 35. The summed E-state index contributed by atoms with van der Waals surface area (Å²) in [5.41, 5.74) is 0. The smallest absolute Gasteiger partial charge is 0.394 e. The lowest BCUT2D eigenvalue weighted by Crippen LogP contribution is -2.61. The third-order valence-corrected chi connectivity index (χ3v) is 10.6. The number of carbonyl (C=O) groups is 1. The van der Waals surface area contributed by atoms with Crippen molar-refractivity contribution in [1.29, 1.82) is 0 Å². The second-order valence-corrected chi connectivity index (χ2v) is 16.1. The molecule has 1 amide bonds. The molecular weight excluding hydrogens is 719 g/mol. The molecule has 7 N–H and O–H groups in total. The Morgan fingerprint density at radius 3 is 1.67 bits per heavy atom. The summed E-state index contributed by atoms with van der Waals surface area (Å²) in [4.78, 5) is 13.0. The van der Waals surface area contributed by atoms with Gasteiger partial charge in [-0.25, -0.2) is 4.18 Å². The van der Waals surface area contributed by atoms with Gasteiger partial charge in [-0.15, -0.1) is 0 Å². The molecule has 1 saturated heterocycles. The number of aliphatic hydroxyl groups excluding tert-OH is 5. The van der Waals surface area contributed by atoms with E-state index in [1.54, 1.807) is 0 Å². The molecule has 0 spiro atoms. The van der Waals surface area contributed by atoms with Crippen molar-refractivity contribution in [3.05, 3.63) is 12.2 Å². The molecule has 0 aliphatic carbocycles. The molecule has 1 aliphatic heterocycles. The lowest BCUT2D eigenvalue weighted by molar-refractivity contribution is -0.298. The first kappa shape index (κ1) is 50.8. The molecule has 1 fully saturated rings. The maximum atomic E-state index is 13.0. The Morgan fingerprint density at radius 2 is 1.19 bits per heavy atom. The first-order chi connectivity index (χ1) is 25.9. The van der Waals surface area contributed by atoms with E-state index in [1.807, 2.05) is 0 Å². The van der Waals surface area contributed by atoms with Crippen molar-refractivity contribution < 1.29 is 57.0 Å². The summed E-state index contributed by atoms with van der Waals surface area (Å²) in [6, 6.07) is -1.03. The van der Waals surface area contributed by atoms with Gasteiger partial charge in [0.25, 0.3) is 0 Å². The van der Waals surface area contributed by atoms with E-state index in [9.17, 15) is 38.7 Å². The second-order valence-electron chi connectivity index (χ2n) is 15.1. The zero-order valence-electron chi connectivity index (χ0n) is 33.4. The summed E-state index contributed by atoms with van der Waals surface area (Å²) < 4.78 is 47.3. The van der Waals surface area contributed by atoms with Crippen LogP contribution < -0.4 is 5.32 Å². The molecule has 1 aliphatic rings. The molecule has 320 valence electrons. The van der Waals surface area contributed by atoms with Crippen molar-refractivity contribution in [2.24, 2.45) is 0 Å². The normalized spacial score (nSPS) is 22.4. The Kier molecular flexibility index (Phi) is 30.0. The van der Waals surface area contributed by atoms with Crippen LogP contribution in [-0.2, 0) is 28.9 Å². The Labute approximate surface area is 326 Å². The Bertz CT molecular complexity index is 1050. The Hall–Kier alpha value is -1.20. The number of amides is 1. The van der Waals surface area contributed by atoms with Gasteiger partial charge in [0.1, 0.15) is 30.5 Å². The van der Waals surface area contributed by atoms with Crippen LogP contribution in [0.1, 0.15) is 174 Å². The van der Waals surface area contributed by atoms with Gasteiger partial charge in [-0.2, -0.15) is 8.42 Å². The molecule has 0 aromatic carbocycles. The number of hydrogen-bond acceptors (Lipinski definition) is 11. The van der Waals surface area contributed by atoms with Crippen LogP contribution in [0, 0.1) is 0 Å². The Morgan fingerprint density at radius 1 is 0.722 bits per heavy atom. The fourth-order valence-corrected chi connectivity index (χ4v) is 7.26. The van der Waals surface area contributed by atoms with E-state index in [0.717, 1.165) is 70.6 Å². The molecule has 0 radical (unpaired) electrons. The lowest BCUT2D eigenvalue weighted by atomic mass is 9.99. The van der Waals surface area contributed by atoms with E-state index in [2.05, 4.69) is 35.5 Å². The van der Waals surface area contributed by atoms with Crippen LogP contribution in [0.2, 0.25) is 0 Å². The van der Waals surface area contributed by atoms with Gasteiger partial charge in [0.15, 0.2) is 6.29 Å². The van der Waals surface area contributed by atoms with Crippen LogP contribution >= 0.6 is 0 Å². The number of hydrogen-bond donors (Lipinski definition) is 7. The highest BCUT2D eigenvalue weighted by Gasteiger charge is 2.48. The van der Waals surface area contributed by atoms with Crippen molar-refractivity contribution >= 4 is 16.3 Å². The summed E-state index contributed by atoms with van der Waals surface area (Å²) in [6.45, 7) is 3.19. The van der Waals surface area contributed by atoms with E-state index in [4.69, 9.17) is 14.0 Å². The van der Waals surface area contributed by atoms with Crippen LogP contribution in [0.4, 0.5) is 0 Å². The third kappa shape index (κ3) is 24.4. The first-order valence-corrected chi connectivity index (χ1v) is 22.5. The highest BCUT2D eigenvalue weighted by Crippen LogP contribution is 2.26. The summed E-state index contributed by atoms with van der Waals surface area (Å²) in [6.07, 6.45) is 20.1. The van der Waals surface area contributed by atoms with Crippen molar-refractivity contribution in [1.82, 2.24) is 5.32 Å². The minimum atomic E-state index is -5.10. The number of carbonyl (C=O) groups excluding carboxylic acids is 1. The highest BCUT2D eigenvalue weighted by atomic mass is 32.3. The highest BCUT2D eigenvalue weighted by molar-refractivity contribution is 7.80. The van der Waals surface area contributed by atoms with E-state index < -0.39 is 78.5 Å². The minimum Gasteiger partial charge on any atom is -0.394 e. The third-order valence-electron chi connectivity index (χ3n) is 10.2. The Balaban J connectivity index is 2.51. The minimum absolute atomic E-state index is 0.254. The maximum Gasteiger partial charge on any atom is 0.397 e. The number of ether oxygens (including phenoxy) is 2. The topological polar surface area (TPSA) is 212 Å². The molecule has 1 heterocycles. The fourth-order valence-electron chi connectivity index (χ4n) is 6.75. The first-order valence-electron chi connectivity index (χ1n) is 21.2. The molecule has 0 saturated carbocycles. The van der Waals surface area contributed by atoms with Crippen molar-refractivity contribution in [2.45, 2.75) is 223 Å². The van der Waals surface area contributed by atoms with Gasteiger partial charge >= 0.3 is 10.4 Å². The molecule has 0 aromatic heterocycles. The molecule has 0 aromatic rings. The SMILES string of the molecule is CCCCCCCCCC/C=C\CCCCCCCCC(O)C(=O)NC(COC1OC(CO)C(O)C(OS(=O)(=O)O)C1O)C(O)CCCCCCCCC. The number of allylic oxidation sites excluding steroid dienone is 2. The number of aliphatic hydroxyl groups is 5. The molecule has 0 bridgehead atoms. The lowest BCUT2D eigenvalue weighted by Gasteiger charge is -2.41. The molecule has 8 unspecified atom stereocenters. The van der Waals surface area contributed by atoms with Gasteiger partial charge in [0.05, 0.1) is 25.4 Å². The standard InChI is InChI=1S/C40H77NO12S/c1-3-5-7-9-11-12-13-14-15-16-17-18-19-20-21-23-25-27-29-34(44)39(47)41-32(33(43)28-26-24-22-10-8-6-4-2)31-51-40-37(46)38(53-54(48,49)50)36(45)35(30-42)52-40/h16-17,32-38,40,42-46H,3-15,18-31H2,1-2H3,(H,41,47)(H,48,49,50)/b17-16-. The van der Waals surface area contributed by atoms with Gasteiger partial charge in [-0.1, -0.05) is 148 Å². The molecular formula is C40H77NO12S. The van der Waals surface area contributed by atoms with Crippen LogP contribution in [0.15, 0.2) is 12.2 Å². The van der Waals surface area contributed by atoms with Crippen molar-refractivity contribution in [3.8, 4) is 0 Å². The average molecular weight is 796 g/mol. The zero-order valence-corrected chi connectivity index (χ0v) is 34.2. The molecule has 8 atom stereocenters. The fraction of sp³-hybridized carbons (Fsp3) is 0.925. The largest absolute Gasteiger partial charge is 0.397 e. The van der Waals surface area contributed by atoms with Crippen molar-refractivity contribution in [3.63, 3.8) is 0 Å². The molecule has 1 rings (SSSR count). The van der Waals surface area contributed by atoms with E-state index in [0.29, 0.717) is 19.3 Å². The summed E-state index contributed by atoms with van der Waals surface area (Å²) in [5.74, 6) is -0.678. The van der Waals surface area contributed by atoms with Crippen LogP contribution in [0.3, 0.4) is 0 Å². The maximum absolute atomic E-state index is 13.0. The van der Waals surface area contributed by atoms with Gasteiger partial charge in [0.2, 0.25) is 5.91 Å². The van der Waals surface area contributed by atoms with Crippen LogP contribution in [0.5, 0.6) is 0 Å². The number of nitrogens with one attached hydrogen (secondary N) is 1. The zero-order chi connectivity index (χ0) is 40.0. The summed E-state index contributed by atoms with van der Waals surface area (Å²) >= 11 is 0. The molecule has 54 heavy (non-hydrogen) atoms. The molecule has 13 nitrogen and oxygen atoms in total. The second kappa shape index (κ2) is 31.8. The van der Waals surface area contributed by atoms with Gasteiger partial charge in [0, 0.05) is 0 Å². The van der Waals surface area contributed by atoms with Crippen LogP contribution in [-0.4, -0.2) is 107 Å². The quantitative estimate of drug-likeness (QED) is 0.0218. The monoisotopic (exact) mass is 796 g/mol. The van der Waals surface area contributed by atoms with Gasteiger partial charge in [-0.3, -0.25) is 9.35 Å². The average Bonchev–Trinajstić information content (AvgIpc) is 3.14. The van der Waals surface area contributed by atoms with Gasteiger partial charge in [-0.05, 0) is 38.5 Å².